The molecule has 1 aliphatic carbocycles. The number of hydrogen-bond acceptors (Lipinski definition) is 4. The van der Waals surface area contributed by atoms with Crippen LogP contribution in [0.15, 0.2) is 12.1 Å². The lowest BCUT2D eigenvalue weighted by Gasteiger charge is -2.22. The van der Waals surface area contributed by atoms with E-state index in [9.17, 15) is 19.3 Å². The number of nitrogens with zero attached hydrogens (tertiary/aromatic N) is 2. The minimum absolute atomic E-state index is 0.0638. The molecule has 2 rings (SSSR count). The van der Waals surface area contributed by atoms with Crippen LogP contribution in [-0.2, 0) is 0 Å². The van der Waals surface area contributed by atoms with Crippen LogP contribution >= 0.6 is 0 Å². The number of nitrogens with one attached hydrogen (secondary N) is 1. The SMILES string of the molecule is CCCN(C(=O)c1cc(NC)c(F)cc1[N+](=O)[O-])C1CC1. The number of nitro groups is 1. The van der Waals surface area contributed by atoms with Gasteiger partial charge in [-0.3, -0.25) is 14.9 Å². The third kappa shape index (κ3) is 3.12. The Kier molecular flexibility index (Phi) is 4.40. The van der Waals surface area contributed by atoms with Gasteiger partial charge in [-0.05, 0) is 25.3 Å². The van der Waals surface area contributed by atoms with Crippen LogP contribution in [-0.4, -0.2) is 35.4 Å². The second kappa shape index (κ2) is 6.07. The van der Waals surface area contributed by atoms with Crippen LogP contribution in [0.4, 0.5) is 15.8 Å². The van der Waals surface area contributed by atoms with Gasteiger partial charge >= 0.3 is 0 Å². The first-order chi connectivity index (χ1) is 9.99. The first-order valence-electron chi connectivity index (χ1n) is 6.96. The zero-order valence-electron chi connectivity index (χ0n) is 12.1. The molecule has 1 N–H and O–H groups in total. The monoisotopic (exact) mass is 295 g/mol. The van der Waals surface area contributed by atoms with Crippen LogP contribution in [0, 0.1) is 15.9 Å². The van der Waals surface area contributed by atoms with Crippen LogP contribution in [0.25, 0.3) is 0 Å². The van der Waals surface area contributed by atoms with Crippen molar-refractivity contribution in [3.63, 3.8) is 0 Å². The van der Waals surface area contributed by atoms with Crippen molar-refractivity contribution in [2.75, 3.05) is 18.9 Å². The van der Waals surface area contributed by atoms with E-state index in [1.165, 1.54) is 13.1 Å². The van der Waals surface area contributed by atoms with Crippen LogP contribution in [0.5, 0.6) is 0 Å². The number of amides is 1. The minimum atomic E-state index is -0.741. The molecule has 0 atom stereocenters. The van der Waals surface area contributed by atoms with E-state index in [0.29, 0.717) is 6.54 Å². The molecular formula is C14H18FN3O3. The van der Waals surface area contributed by atoms with E-state index in [1.807, 2.05) is 6.92 Å². The summed E-state index contributed by atoms with van der Waals surface area (Å²) in [7, 11) is 1.50. The first kappa shape index (κ1) is 15.2. The highest BCUT2D eigenvalue weighted by Crippen LogP contribution is 2.32. The average Bonchev–Trinajstić information content (AvgIpc) is 3.28. The summed E-state index contributed by atoms with van der Waals surface area (Å²) in [5, 5.41) is 13.7. The number of anilines is 1. The van der Waals surface area contributed by atoms with Gasteiger partial charge in [0.2, 0.25) is 0 Å². The lowest BCUT2D eigenvalue weighted by molar-refractivity contribution is -0.385. The molecule has 0 spiro atoms. The van der Waals surface area contributed by atoms with Gasteiger partial charge in [-0.2, -0.15) is 0 Å². The van der Waals surface area contributed by atoms with Crippen molar-refractivity contribution in [2.45, 2.75) is 32.2 Å². The van der Waals surface area contributed by atoms with Crippen molar-refractivity contribution in [2.24, 2.45) is 0 Å². The summed E-state index contributed by atoms with van der Waals surface area (Å²) in [4.78, 5) is 24.6. The van der Waals surface area contributed by atoms with Gasteiger partial charge in [-0.15, -0.1) is 0 Å². The zero-order valence-corrected chi connectivity index (χ0v) is 12.1. The number of rotatable bonds is 6. The van der Waals surface area contributed by atoms with Crippen molar-refractivity contribution < 1.29 is 14.1 Å². The Balaban J connectivity index is 2.44. The van der Waals surface area contributed by atoms with Gasteiger partial charge in [0.25, 0.3) is 11.6 Å². The Hall–Kier alpha value is -2.18. The summed E-state index contributed by atoms with van der Waals surface area (Å²) < 4.78 is 13.7. The average molecular weight is 295 g/mol. The molecule has 6 nitrogen and oxygen atoms in total. The quantitative estimate of drug-likeness (QED) is 0.647. The number of benzene rings is 1. The molecule has 0 aromatic heterocycles. The van der Waals surface area contributed by atoms with E-state index in [2.05, 4.69) is 5.32 Å². The Bertz CT molecular complexity index is 573. The van der Waals surface area contributed by atoms with Crippen molar-refractivity contribution in [3.8, 4) is 0 Å². The highest BCUT2D eigenvalue weighted by atomic mass is 19.1. The highest BCUT2D eigenvalue weighted by molar-refractivity contribution is 5.99. The fraction of sp³-hybridized carbons (Fsp3) is 0.500. The minimum Gasteiger partial charge on any atom is -0.386 e. The van der Waals surface area contributed by atoms with Crippen molar-refractivity contribution in [1.82, 2.24) is 4.90 Å². The lowest BCUT2D eigenvalue weighted by atomic mass is 10.1. The summed E-state index contributed by atoms with van der Waals surface area (Å²) in [6.45, 7) is 2.49. The smallest absolute Gasteiger partial charge is 0.285 e. The van der Waals surface area contributed by atoms with Gasteiger partial charge < -0.3 is 10.2 Å². The number of carbonyl (C=O) groups is 1. The van der Waals surface area contributed by atoms with Crippen LogP contribution in [0.3, 0.4) is 0 Å². The maximum absolute atomic E-state index is 13.7. The molecule has 1 saturated carbocycles. The molecule has 1 amide bonds. The van der Waals surface area contributed by atoms with E-state index >= 15 is 0 Å². The molecule has 0 radical (unpaired) electrons. The Labute approximate surface area is 122 Å². The summed E-state index contributed by atoms with van der Waals surface area (Å²) >= 11 is 0. The molecular weight excluding hydrogens is 277 g/mol. The highest BCUT2D eigenvalue weighted by Gasteiger charge is 2.35. The number of nitro benzene ring substituents is 1. The van der Waals surface area contributed by atoms with Gasteiger partial charge in [0.15, 0.2) is 5.82 Å². The van der Waals surface area contributed by atoms with Crippen LogP contribution in [0.2, 0.25) is 0 Å². The van der Waals surface area contributed by atoms with Gasteiger partial charge in [0, 0.05) is 19.6 Å². The molecule has 7 heteroatoms. The predicted octanol–water partition coefficient (Wildman–Crippen LogP) is 2.79. The molecule has 0 saturated heterocycles. The molecule has 0 aliphatic heterocycles. The van der Waals surface area contributed by atoms with Gasteiger partial charge in [0.1, 0.15) is 5.56 Å². The van der Waals surface area contributed by atoms with Crippen molar-refractivity contribution >= 4 is 17.3 Å². The first-order valence-corrected chi connectivity index (χ1v) is 6.96. The number of carbonyl (C=O) groups excluding carboxylic acids is 1. The summed E-state index contributed by atoms with van der Waals surface area (Å²) in [6, 6.07) is 2.18. The molecule has 0 unspecified atom stereocenters. The fourth-order valence-electron chi connectivity index (χ4n) is 2.31. The van der Waals surface area contributed by atoms with Crippen LogP contribution < -0.4 is 5.32 Å². The third-order valence-corrected chi connectivity index (χ3v) is 3.49. The van der Waals surface area contributed by atoms with E-state index in [-0.39, 0.29) is 17.3 Å². The second-order valence-electron chi connectivity index (χ2n) is 5.09. The number of hydrogen-bond donors (Lipinski definition) is 1. The summed E-state index contributed by atoms with van der Waals surface area (Å²) in [5.41, 5.74) is -0.472. The topological polar surface area (TPSA) is 75.5 Å². The van der Waals surface area contributed by atoms with Crippen molar-refractivity contribution in [3.05, 3.63) is 33.6 Å². The Morgan fingerprint density at radius 2 is 2.19 bits per heavy atom. The van der Waals surface area contributed by atoms with E-state index in [1.54, 1.807) is 4.90 Å². The molecule has 1 fully saturated rings. The van der Waals surface area contributed by atoms with E-state index in [0.717, 1.165) is 25.3 Å². The third-order valence-electron chi connectivity index (χ3n) is 3.49. The largest absolute Gasteiger partial charge is 0.386 e. The Morgan fingerprint density at radius 3 is 2.67 bits per heavy atom. The maximum atomic E-state index is 13.7. The molecule has 0 bridgehead atoms. The van der Waals surface area contributed by atoms with Gasteiger partial charge in [-0.1, -0.05) is 6.92 Å². The standard InChI is InChI=1S/C14H18FN3O3/c1-3-6-17(9-4-5-9)14(19)10-7-12(16-2)11(15)8-13(10)18(20)21/h7-9,16H,3-6H2,1-2H3. The summed E-state index contributed by atoms with van der Waals surface area (Å²) in [6.07, 6.45) is 2.61. The molecule has 1 aromatic rings. The van der Waals surface area contributed by atoms with E-state index in [4.69, 9.17) is 0 Å². The molecule has 21 heavy (non-hydrogen) atoms. The van der Waals surface area contributed by atoms with E-state index < -0.39 is 22.3 Å². The zero-order chi connectivity index (χ0) is 15.6. The fourth-order valence-corrected chi connectivity index (χ4v) is 2.31. The second-order valence-corrected chi connectivity index (χ2v) is 5.09. The molecule has 1 aromatic carbocycles. The van der Waals surface area contributed by atoms with Crippen LogP contribution in [0.1, 0.15) is 36.5 Å². The van der Waals surface area contributed by atoms with Gasteiger partial charge in [-0.25, -0.2) is 4.39 Å². The van der Waals surface area contributed by atoms with Crippen molar-refractivity contribution in [1.29, 1.82) is 0 Å². The maximum Gasteiger partial charge on any atom is 0.285 e. The summed E-state index contributed by atoms with van der Waals surface area (Å²) in [5.74, 6) is -1.14. The molecule has 114 valence electrons. The molecule has 0 heterocycles. The normalized spacial score (nSPS) is 13.9. The van der Waals surface area contributed by atoms with Gasteiger partial charge in [0.05, 0.1) is 16.7 Å². The Morgan fingerprint density at radius 1 is 1.52 bits per heavy atom. The number of halogens is 1. The molecule has 1 aliphatic rings. The predicted molar refractivity (Wildman–Crippen MR) is 77.0 cm³/mol. The lowest BCUT2D eigenvalue weighted by Crippen LogP contribution is -2.34.